The number of fused-ring (bicyclic) bond motifs is 2. The molecule has 0 saturated carbocycles. The molecule has 0 amide bonds. The minimum atomic E-state index is 0.295. The van der Waals surface area contributed by atoms with Gasteiger partial charge in [0.2, 0.25) is 5.95 Å². The summed E-state index contributed by atoms with van der Waals surface area (Å²) < 4.78 is 5.61. The van der Waals surface area contributed by atoms with E-state index in [0.717, 1.165) is 76.5 Å². The fourth-order valence-corrected chi connectivity index (χ4v) is 4.81. The summed E-state index contributed by atoms with van der Waals surface area (Å²) in [6.07, 6.45) is 8.42. The summed E-state index contributed by atoms with van der Waals surface area (Å²) in [4.78, 5) is 11.9. The summed E-state index contributed by atoms with van der Waals surface area (Å²) in [5, 5.41) is 13.1. The average Bonchev–Trinajstić information content (AvgIpc) is 3.25. The van der Waals surface area contributed by atoms with Gasteiger partial charge in [0.25, 0.3) is 0 Å². The van der Waals surface area contributed by atoms with Gasteiger partial charge in [-0.1, -0.05) is 12.1 Å². The fourth-order valence-electron chi connectivity index (χ4n) is 4.81. The summed E-state index contributed by atoms with van der Waals surface area (Å²) in [7, 11) is 0. The van der Waals surface area contributed by atoms with Crippen molar-refractivity contribution in [3.05, 3.63) is 46.8 Å². The number of piperidine rings is 1. The zero-order chi connectivity index (χ0) is 19.6. The van der Waals surface area contributed by atoms with Crippen molar-refractivity contribution < 1.29 is 9.84 Å². The number of hydrogen-bond donors (Lipinski definition) is 2. The number of aliphatic hydroxyl groups is 1. The Morgan fingerprint density at radius 3 is 2.93 bits per heavy atom. The molecule has 2 N–H and O–H groups in total. The van der Waals surface area contributed by atoms with E-state index in [-0.39, 0.29) is 0 Å². The van der Waals surface area contributed by atoms with Gasteiger partial charge in [-0.05, 0) is 55.2 Å². The molecular formula is C23H30N4O2. The van der Waals surface area contributed by atoms with E-state index in [1.807, 2.05) is 6.20 Å². The van der Waals surface area contributed by atoms with Crippen molar-refractivity contribution in [3.63, 3.8) is 0 Å². The maximum absolute atomic E-state index is 9.35. The second kappa shape index (κ2) is 8.28. The van der Waals surface area contributed by atoms with Gasteiger partial charge in [-0.2, -0.15) is 0 Å². The van der Waals surface area contributed by atoms with Crippen molar-refractivity contribution in [3.8, 4) is 5.75 Å². The third-order valence-corrected chi connectivity index (χ3v) is 6.63. The van der Waals surface area contributed by atoms with Gasteiger partial charge in [0.15, 0.2) is 0 Å². The highest BCUT2D eigenvalue weighted by atomic mass is 16.5. The minimum absolute atomic E-state index is 0.295. The topological polar surface area (TPSA) is 70.5 Å². The maximum Gasteiger partial charge on any atom is 0.225 e. The molecule has 1 aromatic carbocycles. The molecule has 2 aromatic rings. The number of aromatic nitrogens is 2. The van der Waals surface area contributed by atoms with Crippen molar-refractivity contribution in [2.75, 3.05) is 31.2 Å². The van der Waals surface area contributed by atoms with Crippen LogP contribution in [0, 0.1) is 5.92 Å². The van der Waals surface area contributed by atoms with Crippen molar-refractivity contribution in [2.45, 2.75) is 51.1 Å². The summed E-state index contributed by atoms with van der Waals surface area (Å²) in [6, 6.07) is 6.85. The van der Waals surface area contributed by atoms with E-state index in [2.05, 4.69) is 28.4 Å². The van der Waals surface area contributed by atoms with Crippen LogP contribution in [0.1, 0.15) is 54.1 Å². The van der Waals surface area contributed by atoms with Gasteiger partial charge in [0.1, 0.15) is 5.75 Å². The van der Waals surface area contributed by atoms with Gasteiger partial charge < -0.3 is 20.1 Å². The molecule has 6 heteroatoms. The molecule has 29 heavy (non-hydrogen) atoms. The first-order valence-electron chi connectivity index (χ1n) is 11.0. The van der Waals surface area contributed by atoms with E-state index in [4.69, 9.17) is 14.7 Å². The molecule has 1 aliphatic carbocycles. The second-order valence-corrected chi connectivity index (χ2v) is 8.55. The normalized spacial score (nSPS) is 21.6. The maximum atomic E-state index is 9.35. The lowest BCUT2D eigenvalue weighted by Gasteiger charge is -2.32. The van der Waals surface area contributed by atoms with Crippen LogP contribution in [0.2, 0.25) is 0 Å². The van der Waals surface area contributed by atoms with Crippen molar-refractivity contribution >= 4 is 5.95 Å². The van der Waals surface area contributed by atoms with E-state index >= 15 is 0 Å². The summed E-state index contributed by atoms with van der Waals surface area (Å²) in [5.74, 6) is 2.34. The third kappa shape index (κ3) is 3.96. The summed E-state index contributed by atoms with van der Waals surface area (Å²) in [6.45, 7) is 3.83. The minimum Gasteiger partial charge on any atom is -0.493 e. The predicted octanol–water partition coefficient (Wildman–Crippen LogP) is 2.79. The van der Waals surface area contributed by atoms with Crippen LogP contribution in [0.3, 0.4) is 0 Å². The fraction of sp³-hybridized carbons (Fsp3) is 0.565. The van der Waals surface area contributed by atoms with Gasteiger partial charge in [-0.25, -0.2) is 9.97 Å². The van der Waals surface area contributed by atoms with Crippen LogP contribution in [-0.4, -0.2) is 41.4 Å². The molecule has 5 rings (SSSR count). The van der Waals surface area contributed by atoms with Gasteiger partial charge in [0.05, 0.1) is 12.3 Å². The van der Waals surface area contributed by atoms with Gasteiger partial charge in [-0.15, -0.1) is 0 Å². The molecule has 1 atom stereocenters. The van der Waals surface area contributed by atoms with E-state index in [0.29, 0.717) is 18.6 Å². The Bertz CT molecular complexity index is 864. The number of hydrogen-bond acceptors (Lipinski definition) is 6. The Kier molecular flexibility index (Phi) is 5.38. The molecule has 0 unspecified atom stereocenters. The molecule has 1 aromatic heterocycles. The van der Waals surface area contributed by atoms with Gasteiger partial charge >= 0.3 is 0 Å². The molecule has 0 radical (unpaired) electrons. The van der Waals surface area contributed by atoms with Crippen LogP contribution >= 0.6 is 0 Å². The molecule has 0 spiro atoms. The smallest absolute Gasteiger partial charge is 0.225 e. The van der Waals surface area contributed by atoms with Crippen LogP contribution in [0.15, 0.2) is 24.4 Å². The number of ether oxygens (including phenoxy) is 1. The Balaban J connectivity index is 1.26. The highest BCUT2D eigenvalue weighted by molar-refractivity contribution is 5.40. The number of aliphatic hydroxyl groups excluding tert-OH is 1. The highest BCUT2D eigenvalue weighted by Crippen LogP contribution is 2.31. The Hall–Kier alpha value is -2.18. The molecule has 3 aliphatic rings. The number of benzene rings is 1. The number of nitrogens with zero attached hydrogens (tertiary/aromatic N) is 3. The lowest BCUT2D eigenvalue weighted by molar-refractivity contribution is 0.202. The van der Waals surface area contributed by atoms with Crippen molar-refractivity contribution in [2.24, 2.45) is 5.92 Å². The third-order valence-electron chi connectivity index (χ3n) is 6.63. The number of anilines is 1. The molecule has 154 valence electrons. The van der Waals surface area contributed by atoms with Crippen LogP contribution in [0.5, 0.6) is 5.75 Å². The summed E-state index contributed by atoms with van der Waals surface area (Å²) in [5.41, 5.74) is 5.09. The highest BCUT2D eigenvalue weighted by Gasteiger charge is 2.25. The van der Waals surface area contributed by atoms with Crippen LogP contribution in [0.25, 0.3) is 0 Å². The quantitative estimate of drug-likeness (QED) is 0.813. The van der Waals surface area contributed by atoms with Crippen molar-refractivity contribution in [1.82, 2.24) is 15.3 Å². The van der Waals surface area contributed by atoms with Crippen LogP contribution < -0.4 is 15.0 Å². The van der Waals surface area contributed by atoms with E-state index < -0.39 is 0 Å². The molecule has 1 fully saturated rings. The average molecular weight is 395 g/mol. The molecule has 6 nitrogen and oxygen atoms in total. The number of aryl methyl sites for hydroxylation is 1. The molecule has 3 heterocycles. The monoisotopic (exact) mass is 394 g/mol. The molecule has 2 aliphatic heterocycles. The molecule has 0 bridgehead atoms. The largest absolute Gasteiger partial charge is 0.493 e. The first kappa shape index (κ1) is 18.8. The molecule has 1 saturated heterocycles. The predicted molar refractivity (Wildman–Crippen MR) is 112 cm³/mol. The van der Waals surface area contributed by atoms with Crippen LogP contribution in [0.4, 0.5) is 5.95 Å². The Morgan fingerprint density at radius 1 is 1.17 bits per heavy atom. The SMILES string of the molecule is OCC1CCN(c2ncc3c(n2)CCC[C@@H]3NCc2ccc3c(c2)CCO3)CC1. The standard InChI is InChI=1S/C23H30N4O2/c28-15-16-6-9-27(10-7-16)23-25-14-19-20(2-1-3-21(19)26-23)24-13-17-4-5-22-18(12-17)8-11-29-22/h4-5,12,14,16,20,24,28H,1-3,6-11,13,15H2/t20-/m0/s1. The van der Waals surface area contributed by atoms with Crippen LogP contribution in [-0.2, 0) is 19.4 Å². The van der Waals surface area contributed by atoms with Crippen molar-refractivity contribution in [1.29, 1.82) is 0 Å². The lowest BCUT2D eigenvalue weighted by atomic mass is 9.92. The summed E-state index contributed by atoms with van der Waals surface area (Å²) >= 11 is 0. The first-order valence-corrected chi connectivity index (χ1v) is 11.0. The van der Waals surface area contributed by atoms with E-state index in [1.54, 1.807) is 0 Å². The van der Waals surface area contributed by atoms with Gasteiger partial charge in [0, 0.05) is 50.5 Å². The Labute approximate surface area is 172 Å². The molecular weight excluding hydrogens is 364 g/mol. The second-order valence-electron chi connectivity index (χ2n) is 8.55. The zero-order valence-corrected chi connectivity index (χ0v) is 16.9. The van der Waals surface area contributed by atoms with E-state index in [9.17, 15) is 5.11 Å². The number of rotatable bonds is 5. The van der Waals surface area contributed by atoms with E-state index in [1.165, 1.54) is 22.4 Å². The zero-order valence-electron chi connectivity index (χ0n) is 16.9. The Morgan fingerprint density at radius 2 is 2.07 bits per heavy atom. The van der Waals surface area contributed by atoms with Gasteiger partial charge in [-0.3, -0.25) is 0 Å². The first-order chi connectivity index (χ1) is 14.3. The lowest BCUT2D eigenvalue weighted by Crippen LogP contribution is -2.36. The number of nitrogens with one attached hydrogen (secondary N) is 1.